The maximum absolute atomic E-state index is 12.8. The molecule has 0 aliphatic rings. The van der Waals surface area contributed by atoms with Crippen LogP contribution in [-0.4, -0.2) is 6.21 Å². The van der Waals surface area contributed by atoms with Crippen molar-refractivity contribution in [2.75, 3.05) is 0 Å². The van der Waals surface area contributed by atoms with E-state index in [1.807, 2.05) is 0 Å². The van der Waals surface area contributed by atoms with Crippen LogP contribution in [0, 0.1) is 18.2 Å². The van der Waals surface area contributed by atoms with Crippen molar-refractivity contribution in [1.29, 1.82) is 0 Å². The lowest BCUT2D eigenvalue weighted by molar-refractivity contribution is 0.624. The summed E-state index contributed by atoms with van der Waals surface area (Å²) in [5.41, 5.74) is 0.902. The molecule has 1 aromatic rings. The molecule has 2 nitrogen and oxygen atoms in total. The molecular weight excluding hydrogens is 155 g/mol. The summed E-state index contributed by atoms with van der Waals surface area (Å²) in [4.78, 5) is 0. The first kappa shape index (κ1) is 8.28. The zero-order valence-electron chi connectivity index (χ0n) is 6.29. The van der Waals surface area contributed by atoms with Gasteiger partial charge in [0.2, 0.25) is 0 Å². The zero-order chi connectivity index (χ0) is 8.97. The van der Waals surface area contributed by atoms with Crippen molar-refractivity contribution in [2.45, 2.75) is 0 Å². The van der Waals surface area contributed by atoms with Gasteiger partial charge >= 0.3 is 0 Å². The number of nitrogens with zero attached hydrogens (tertiary/aromatic N) is 1. The molecule has 0 unspecified atom stereocenters. The van der Waals surface area contributed by atoms with E-state index in [0.717, 1.165) is 0 Å². The third-order valence-corrected chi connectivity index (χ3v) is 1.37. The third kappa shape index (κ3) is 1.61. The van der Waals surface area contributed by atoms with E-state index in [1.54, 1.807) is 6.07 Å². The first-order valence-electron chi connectivity index (χ1n) is 3.27. The van der Waals surface area contributed by atoms with Gasteiger partial charge in [0.1, 0.15) is 5.82 Å². The van der Waals surface area contributed by atoms with E-state index < -0.39 is 5.82 Å². The molecule has 0 amide bonds. The number of benzene rings is 1. The molecule has 1 aromatic carbocycles. The SMILES string of the molecule is C#Cc1cc(C=NN)ccc1F. The van der Waals surface area contributed by atoms with Crippen molar-refractivity contribution in [2.24, 2.45) is 10.9 Å². The molecule has 3 heteroatoms. The number of halogens is 1. The van der Waals surface area contributed by atoms with Crippen molar-refractivity contribution in [3.05, 3.63) is 35.1 Å². The molecular formula is C9H7FN2. The molecule has 0 spiro atoms. The lowest BCUT2D eigenvalue weighted by atomic mass is 10.1. The van der Waals surface area contributed by atoms with Gasteiger partial charge < -0.3 is 5.84 Å². The minimum absolute atomic E-state index is 0.215. The number of nitrogens with two attached hydrogens (primary N) is 1. The quantitative estimate of drug-likeness (QED) is 0.285. The Bertz CT molecular complexity index is 350. The standard InChI is InChI=1S/C9H7FN2/c1-2-8-5-7(6-12-11)3-4-9(8)10/h1,3-6H,11H2. The zero-order valence-corrected chi connectivity index (χ0v) is 6.29. The fourth-order valence-corrected chi connectivity index (χ4v) is 0.820. The minimum atomic E-state index is -0.410. The van der Waals surface area contributed by atoms with Gasteiger partial charge in [-0.3, -0.25) is 0 Å². The Morgan fingerprint density at radius 3 is 2.92 bits per heavy atom. The van der Waals surface area contributed by atoms with Crippen molar-refractivity contribution < 1.29 is 4.39 Å². The number of terminal acetylenes is 1. The van der Waals surface area contributed by atoms with Gasteiger partial charge in [0, 0.05) is 0 Å². The lowest BCUT2D eigenvalue weighted by Gasteiger charge is -1.95. The van der Waals surface area contributed by atoms with E-state index in [9.17, 15) is 4.39 Å². The molecule has 12 heavy (non-hydrogen) atoms. The van der Waals surface area contributed by atoms with E-state index in [1.165, 1.54) is 18.3 Å². The maximum Gasteiger partial charge on any atom is 0.138 e. The normalized spacial score (nSPS) is 10.0. The Morgan fingerprint density at radius 1 is 1.58 bits per heavy atom. The molecule has 0 bridgehead atoms. The summed E-state index contributed by atoms with van der Waals surface area (Å²) in [5.74, 6) is 6.72. The highest BCUT2D eigenvalue weighted by Crippen LogP contribution is 2.07. The molecule has 0 aromatic heterocycles. The number of hydrogen-bond acceptors (Lipinski definition) is 2. The average molecular weight is 162 g/mol. The van der Waals surface area contributed by atoms with Crippen LogP contribution in [-0.2, 0) is 0 Å². The molecule has 60 valence electrons. The molecule has 0 saturated heterocycles. The Labute approximate surface area is 69.9 Å². The summed E-state index contributed by atoms with van der Waals surface area (Å²) in [6, 6.07) is 4.34. The van der Waals surface area contributed by atoms with E-state index in [4.69, 9.17) is 12.3 Å². The Balaban J connectivity index is 3.16. The summed E-state index contributed by atoms with van der Waals surface area (Å²) in [7, 11) is 0. The minimum Gasteiger partial charge on any atom is -0.323 e. The van der Waals surface area contributed by atoms with E-state index in [2.05, 4.69) is 11.0 Å². The monoisotopic (exact) mass is 162 g/mol. The largest absolute Gasteiger partial charge is 0.323 e. The summed E-state index contributed by atoms with van der Waals surface area (Å²) >= 11 is 0. The molecule has 0 aliphatic heterocycles. The van der Waals surface area contributed by atoms with Gasteiger partial charge in [-0.1, -0.05) is 12.0 Å². The van der Waals surface area contributed by atoms with Crippen LogP contribution in [0.5, 0.6) is 0 Å². The van der Waals surface area contributed by atoms with E-state index in [-0.39, 0.29) is 5.56 Å². The summed E-state index contributed by atoms with van der Waals surface area (Å²) in [6.45, 7) is 0. The molecule has 0 atom stereocenters. The summed E-state index contributed by atoms with van der Waals surface area (Å²) in [5, 5.41) is 3.29. The Hall–Kier alpha value is -1.82. The highest BCUT2D eigenvalue weighted by atomic mass is 19.1. The molecule has 0 aliphatic carbocycles. The summed E-state index contributed by atoms with van der Waals surface area (Å²) < 4.78 is 12.8. The van der Waals surface area contributed by atoms with Crippen LogP contribution >= 0.6 is 0 Å². The predicted molar refractivity (Wildman–Crippen MR) is 46.1 cm³/mol. The molecule has 0 radical (unpaired) electrons. The molecule has 2 N–H and O–H groups in total. The first-order chi connectivity index (χ1) is 5.77. The van der Waals surface area contributed by atoms with Crippen LogP contribution < -0.4 is 5.84 Å². The van der Waals surface area contributed by atoms with Crippen molar-refractivity contribution >= 4 is 6.21 Å². The Morgan fingerprint density at radius 2 is 2.33 bits per heavy atom. The highest BCUT2D eigenvalue weighted by Gasteiger charge is 1.98. The van der Waals surface area contributed by atoms with E-state index >= 15 is 0 Å². The fraction of sp³-hybridized carbons (Fsp3) is 0. The molecule has 0 heterocycles. The highest BCUT2D eigenvalue weighted by molar-refractivity contribution is 5.79. The Kier molecular flexibility index (Phi) is 2.44. The molecule has 0 saturated carbocycles. The van der Waals surface area contributed by atoms with Crippen molar-refractivity contribution in [1.82, 2.24) is 0 Å². The average Bonchev–Trinajstić information content (AvgIpc) is 2.09. The topological polar surface area (TPSA) is 38.4 Å². The van der Waals surface area contributed by atoms with Gasteiger partial charge in [-0.15, -0.1) is 6.42 Å². The van der Waals surface area contributed by atoms with Crippen LogP contribution in [0.4, 0.5) is 4.39 Å². The van der Waals surface area contributed by atoms with Crippen LogP contribution in [0.3, 0.4) is 0 Å². The van der Waals surface area contributed by atoms with Gasteiger partial charge in [-0.05, 0) is 17.7 Å². The van der Waals surface area contributed by atoms with Crippen LogP contribution in [0.25, 0.3) is 0 Å². The number of rotatable bonds is 1. The van der Waals surface area contributed by atoms with Crippen LogP contribution in [0.1, 0.15) is 11.1 Å². The van der Waals surface area contributed by atoms with Gasteiger partial charge in [-0.25, -0.2) is 4.39 Å². The molecule has 0 fully saturated rings. The predicted octanol–water partition coefficient (Wildman–Crippen LogP) is 1.10. The van der Waals surface area contributed by atoms with E-state index in [0.29, 0.717) is 5.56 Å². The van der Waals surface area contributed by atoms with Crippen molar-refractivity contribution in [3.8, 4) is 12.3 Å². The summed E-state index contributed by atoms with van der Waals surface area (Å²) in [6.07, 6.45) is 6.45. The lowest BCUT2D eigenvalue weighted by Crippen LogP contribution is -1.90. The van der Waals surface area contributed by atoms with Gasteiger partial charge in [0.15, 0.2) is 0 Å². The van der Waals surface area contributed by atoms with Crippen LogP contribution in [0.15, 0.2) is 23.3 Å². The maximum atomic E-state index is 12.8. The molecule has 1 rings (SSSR count). The van der Waals surface area contributed by atoms with Gasteiger partial charge in [-0.2, -0.15) is 5.10 Å². The smallest absolute Gasteiger partial charge is 0.138 e. The second-order valence-electron chi connectivity index (χ2n) is 2.16. The van der Waals surface area contributed by atoms with Crippen LogP contribution in [0.2, 0.25) is 0 Å². The van der Waals surface area contributed by atoms with Crippen molar-refractivity contribution in [3.63, 3.8) is 0 Å². The second kappa shape index (κ2) is 3.54. The fourth-order valence-electron chi connectivity index (χ4n) is 0.820. The second-order valence-corrected chi connectivity index (χ2v) is 2.16. The number of hydrazone groups is 1. The number of hydrogen-bond donors (Lipinski definition) is 1. The van der Waals surface area contributed by atoms with Gasteiger partial charge in [0.05, 0.1) is 11.8 Å². The third-order valence-electron chi connectivity index (χ3n) is 1.37. The van der Waals surface area contributed by atoms with Gasteiger partial charge in [0.25, 0.3) is 0 Å². The first-order valence-corrected chi connectivity index (χ1v) is 3.27.